The number of halogens is 1. The fourth-order valence-electron chi connectivity index (χ4n) is 4.56. The van der Waals surface area contributed by atoms with Gasteiger partial charge in [-0.05, 0) is 50.8 Å². The second kappa shape index (κ2) is 6.71. The van der Waals surface area contributed by atoms with Crippen LogP contribution in [-0.4, -0.2) is 36.7 Å². The molecule has 2 aliphatic heterocycles. The third-order valence-electron chi connectivity index (χ3n) is 5.80. The lowest BCUT2D eigenvalue weighted by atomic mass is 9.72. The SMILES string of the molecule is CCOC(=O)[C@]1(CC)C[C@@H]2CC[C@H]1N2Cc1cc(OC)ccc1F. The Bertz CT molecular complexity index is 621. The highest BCUT2D eigenvalue weighted by Gasteiger charge is 2.59. The van der Waals surface area contributed by atoms with Crippen molar-refractivity contribution in [2.75, 3.05) is 13.7 Å². The van der Waals surface area contributed by atoms with E-state index < -0.39 is 5.41 Å². The summed E-state index contributed by atoms with van der Waals surface area (Å²) in [7, 11) is 1.58. The Balaban J connectivity index is 1.84. The van der Waals surface area contributed by atoms with Gasteiger partial charge in [-0.15, -0.1) is 0 Å². The number of carbonyl (C=O) groups excluding carboxylic acids is 1. The molecule has 0 aromatic heterocycles. The van der Waals surface area contributed by atoms with Crippen LogP contribution in [0, 0.1) is 11.2 Å². The number of benzene rings is 1. The predicted molar refractivity (Wildman–Crippen MR) is 89.3 cm³/mol. The molecule has 2 saturated heterocycles. The first-order valence-electron chi connectivity index (χ1n) is 8.81. The molecule has 2 fully saturated rings. The number of hydrogen-bond acceptors (Lipinski definition) is 4. The molecule has 24 heavy (non-hydrogen) atoms. The largest absolute Gasteiger partial charge is 0.497 e. The smallest absolute Gasteiger partial charge is 0.313 e. The molecule has 2 bridgehead atoms. The number of ether oxygens (including phenoxy) is 2. The van der Waals surface area contributed by atoms with E-state index in [2.05, 4.69) is 11.8 Å². The highest BCUT2D eigenvalue weighted by Crippen LogP contribution is 2.53. The van der Waals surface area contributed by atoms with Crippen molar-refractivity contribution in [3.63, 3.8) is 0 Å². The Morgan fingerprint density at radius 1 is 1.38 bits per heavy atom. The molecule has 0 spiro atoms. The Kier molecular flexibility index (Phi) is 4.81. The van der Waals surface area contributed by atoms with Crippen molar-refractivity contribution in [3.05, 3.63) is 29.6 Å². The van der Waals surface area contributed by atoms with E-state index in [1.54, 1.807) is 19.2 Å². The normalized spacial score (nSPS) is 29.0. The van der Waals surface area contributed by atoms with Gasteiger partial charge >= 0.3 is 5.97 Å². The summed E-state index contributed by atoms with van der Waals surface area (Å²) in [5.74, 6) is 0.348. The fraction of sp³-hybridized carbons (Fsp3) is 0.632. The van der Waals surface area contributed by atoms with Crippen LogP contribution in [0.4, 0.5) is 4.39 Å². The molecule has 0 saturated carbocycles. The molecule has 4 nitrogen and oxygen atoms in total. The van der Waals surface area contributed by atoms with Gasteiger partial charge in [-0.1, -0.05) is 6.92 Å². The lowest BCUT2D eigenvalue weighted by molar-refractivity contribution is -0.157. The number of nitrogens with zero attached hydrogens (tertiary/aromatic N) is 1. The van der Waals surface area contributed by atoms with Gasteiger partial charge in [0.05, 0.1) is 19.1 Å². The van der Waals surface area contributed by atoms with E-state index >= 15 is 0 Å². The molecule has 132 valence electrons. The summed E-state index contributed by atoms with van der Waals surface area (Å²) in [5, 5.41) is 0. The van der Waals surface area contributed by atoms with Gasteiger partial charge in [-0.25, -0.2) is 4.39 Å². The Hall–Kier alpha value is -1.62. The minimum Gasteiger partial charge on any atom is -0.497 e. The molecule has 3 rings (SSSR count). The molecule has 0 N–H and O–H groups in total. The van der Waals surface area contributed by atoms with Crippen LogP contribution in [-0.2, 0) is 16.1 Å². The monoisotopic (exact) mass is 335 g/mol. The van der Waals surface area contributed by atoms with Gasteiger partial charge in [0.1, 0.15) is 11.6 Å². The summed E-state index contributed by atoms with van der Waals surface area (Å²) >= 11 is 0. The Morgan fingerprint density at radius 2 is 2.17 bits per heavy atom. The van der Waals surface area contributed by atoms with E-state index in [4.69, 9.17) is 9.47 Å². The van der Waals surface area contributed by atoms with Crippen molar-refractivity contribution < 1.29 is 18.7 Å². The minimum atomic E-state index is -0.436. The summed E-state index contributed by atoms with van der Waals surface area (Å²) < 4.78 is 24.8. The standard InChI is InChI=1S/C19H26FNO3/c1-4-19(18(22)24-5-2)11-14-6-9-17(19)21(14)12-13-10-15(23-3)7-8-16(13)20/h7-8,10,14,17H,4-6,9,11-12H2,1-3H3/t14-,17+,19+/m0/s1. The van der Waals surface area contributed by atoms with Crippen LogP contribution in [0.1, 0.15) is 45.1 Å². The molecular weight excluding hydrogens is 309 g/mol. The van der Waals surface area contributed by atoms with Crippen LogP contribution in [0.2, 0.25) is 0 Å². The molecule has 1 aromatic rings. The molecule has 2 heterocycles. The zero-order valence-corrected chi connectivity index (χ0v) is 14.7. The van der Waals surface area contributed by atoms with E-state index in [-0.39, 0.29) is 17.8 Å². The van der Waals surface area contributed by atoms with Crippen molar-refractivity contribution in [2.24, 2.45) is 5.41 Å². The van der Waals surface area contributed by atoms with Crippen molar-refractivity contribution in [1.29, 1.82) is 0 Å². The van der Waals surface area contributed by atoms with Gasteiger partial charge in [-0.2, -0.15) is 0 Å². The van der Waals surface area contributed by atoms with Gasteiger partial charge in [0.15, 0.2) is 0 Å². The lowest BCUT2D eigenvalue weighted by Crippen LogP contribution is -2.44. The number of hydrogen-bond donors (Lipinski definition) is 0. The van der Waals surface area contributed by atoms with Crippen LogP contribution in [0.25, 0.3) is 0 Å². The van der Waals surface area contributed by atoms with Crippen molar-refractivity contribution in [1.82, 2.24) is 4.90 Å². The van der Waals surface area contributed by atoms with E-state index in [0.717, 1.165) is 25.7 Å². The summed E-state index contributed by atoms with van der Waals surface area (Å²) in [6.45, 7) is 4.82. The molecule has 3 atom stereocenters. The summed E-state index contributed by atoms with van der Waals surface area (Å²) in [5.41, 5.74) is 0.191. The van der Waals surface area contributed by atoms with Crippen molar-refractivity contribution >= 4 is 5.97 Å². The number of fused-ring (bicyclic) bond motifs is 2. The molecule has 0 unspecified atom stereocenters. The van der Waals surface area contributed by atoms with Crippen LogP contribution in [0.3, 0.4) is 0 Å². The third kappa shape index (κ3) is 2.69. The maximum Gasteiger partial charge on any atom is 0.313 e. The Labute approximate surface area is 142 Å². The second-order valence-corrected chi connectivity index (χ2v) is 6.81. The van der Waals surface area contributed by atoms with E-state index in [9.17, 15) is 9.18 Å². The van der Waals surface area contributed by atoms with Gasteiger partial charge in [0.2, 0.25) is 0 Å². The molecule has 2 aliphatic rings. The first kappa shape index (κ1) is 17.2. The molecule has 0 aliphatic carbocycles. The lowest BCUT2D eigenvalue weighted by Gasteiger charge is -2.34. The summed E-state index contributed by atoms with van der Waals surface area (Å²) in [6.07, 6.45) is 3.63. The zero-order valence-electron chi connectivity index (χ0n) is 14.7. The first-order chi connectivity index (χ1) is 11.6. The minimum absolute atomic E-state index is 0.0872. The third-order valence-corrected chi connectivity index (χ3v) is 5.80. The summed E-state index contributed by atoms with van der Waals surface area (Å²) in [6, 6.07) is 5.30. The number of methoxy groups -OCH3 is 1. The molecular formula is C19H26FNO3. The fourth-order valence-corrected chi connectivity index (χ4v) is 4.56. The van der Waals surface area contributed by atoms with E-state index in [1.807, 2.05) is 6.92 Å². The van der Waals surface area contributed by atoms with Gasteiger partial charge < -0.3 is 9.47 Å². The average molecular weight is 335 g/mol. The highest BCUT2D eigenvalue weighted by atomic mass is 19.1. The van der Waals surface area contributed by atoms with Crippen molar-refractivity contribution in [2.45, 2.75) is 58.2 Å². The quantitative estimate of drug-likeness (QED) is 0.746. The van der Waals surface area contributed by atoms with Crippen molar-refractivity contribution in [3.8, 4) is 5.75 Å². The number of rotatable bonds is 6. The molecule has 5 heteroatoms. The summed E-state index contributed by atoms with van der Waals surface area (Å²) in [4.78, 5) is 14.9. The van der Waals surface area contributed by atoms with Crippen LogP contribution < -0.4 is 4.74 Å². The highest BCUT2D eigenvalue weighted by molar-refractivity contribution is 5.78. The van der Waals surface area contributed by atoms with Gasteiger partial charge in [0.25, 0.3) is 0 Å². The van der Waals surface area contributed by atoms with Gasteiger partial charge in [-0.3, -0.25) is 9.69 Å². The topological polar surface area (TPSA) is 38.8 Å². The zero-order chi connectivity index (χ0) is 17.3. The van der Waals surface area contributed by atoms with E-state index in [0.29, 0.717) is 30.5 Å². The van der Waals surface area contributed by atoms with Gasteiger partial charge in [0, 0.05) is 24.2 Å². The Morgan fingerprint density at radius 3 is 2.83 bits per heavy atom. The average Bonchev–Trinajstić information content (AvgIpc) is 3.12. The first-order valence-corrected chi connectivity index (χ1v) is 8.81. The van der Waals surface area contributed by atoms with Crippen LogP contribution in [0.15, 0.2) is 18.2 Å². The molecule has 1 aromatic carbocycles. The molecule has 0 radical (unpaired) electrons. The van der Waals surface area contributed by atoms with Crippen LogP contribution >= 0.6 is 0 Å². The number of carbonyl (C=O) groups is 1. The maximum atomic E-state index is 14.2. The second-order valence-electron chi connectivity index (χ2n) is 6.81. The maximum absolute atomic E-state index is 14.2. The number of esters is 1. The van der Waals surface area contributed by atoms with Crippen LogP contribution in [0.5, 0.6) is 5.75 Å². The van der Waals surface area contributed by atoms with E-state index in [1.165, 1.54) is 6.07 Å². The predicted octanol–water partition coefficient (Wildman–Crippen LogP) is 3.53. The molecule has 0 amide bonds.